The fourth-order valence-electron chi connectivity index (χ4n) is 3.13. The number of rotatable bonds is 3. The Hall–Kier alpha value is -2.20. The predicted molar refractivity (Wildman–Crippen MR) is 105 cm³/mol. The molecule has 0 aliphatic rings. The zero-order chi connectivity index (χ0) is 18.1. The summed E-state index contributed by atoms with van der Waals surface area (Å²) < 4.78 is 3.20. The van der Waals surface area contributed by atoms with Gasteiger partial charge in [-0.05, 0) is 48.1 Å². The molecule has 0 bridgehead atoms. The summed E-state index contributed by atoms with van der Waals surface area (Å²) in [5, 5.41) is 0. The monoisotopic (exact) mass is 352 g/mol. The molecule has 0 spiro atoms. The van der Waals surface area contributed by atoms with Gasteiger partial charge in [0.15, 0.2) is 4.80 Å². The van der Waals surface area contributed by atoms with Gasteiger partial charge in [-0.1, -0.05) is 55.5 Å². The molecule has 4 heteroatoms. The Balaban J connectivity index is 1.90. The number of nitrogens with zero attached hydrogens (tertiary/aromatic N) is 2. The van der Waals surface area contributed by atoms with Gasteiger partial charge in [-0.2, -0.15) is 4.99 Å². The van der Waals surface area contributed by atoms with Gasteiger partial charge in [0.25, 0.3) is 5.91 Å². The molecule has 0 aliphatic heterocycles. The molecular weight excluding hydrogens is 328 g/mol. The molecule has 0 atom stereocenters. The van der Waals surface area contributed by atoms with Gasteiger partial charge in [0, 0.05) is 7.05 Å². The average molecular weight is 353 g/mol. The second-order valence-electron chi connectivity index (χ2n) is 6.95. The maximum Gasteiger partial charge on any atom is 0.252 e. The van der Waals surface area contributed by atoms with Crippen molar-refractivity contribution >= 4 is 27.5 Å². The van der Waals surface area contributed by atoms with Crippen LogP contribution in [0.15, 0.2) is 41.4 Å². The molecule has 0 aliphatic carbocycles. The van der Waals surface area contributed by atoms with Crippen LogP contribution in [-0.4, -0.2) is 10.5 Å². The van der Waals surface area contributed by atoms with E-state index in [9.17, 15) is 4.79 Å². The van der Waals surface area contributed by atoms with E-state index >= 15 is 0 Å². The largest absolute Gasteiger partial charge is 0.319 e. The lowest BCUT2D eigenvalue weighted by molar-refractivity contribution is -0.117. The third kappa shape index (κ3) is 3.74. The molecule has 0 fully saturated rings. The first-order chi connectivity index (χ1) is 11.8. The normalized spacial score (nSPS) is 12.3. The van der Waals surface area contributed by atoms with Crippen molar-refractivity contribution in [3.63, 3.8) is 0 Å². The van der Waals surface area contributed by atoms with Crippen LogP contribution in [0.4, 0.5) is 0 Å². The highest BCUT2D eigenvalue weighted by Gasteiger charge is 2.09. The van der Waals surface area contributed by atoms with E-state index in [1.54, 1.807) is 11.3 Å². The molecule has 0 radical (unpaired) electrons. The van der Waals surface area contributed by atoms with Gasteiger partial charge in [-0.25, -0.2) is 0 Å². The number of aromatic nitrogens is 1. The number of hydrogen-bond donors (Lipinski definition) is 0. The van der Waals surface area contributed by atoms with Crippen LogP contribution in [0, 0.1) is 13.8 Å². The summed E-state index contributed by atoms with van der Waals surface area (Å²) in [6, 6.07) is 12.6. The highest BCUT2D eigenvalue weighted by atomic mass is 32.1. The van der Waals surface area contributed by atoms with Crippen molar-refractivity contribution in [3.8, 4) is 0 Å². The van der Waals surface area contributed by atoms with Crippen molar-refractivity contribution in [2.24, 2.45) is 12.0 Å². The van der Waals surface area contributed by atoms with Crippen molar-refractivity contribution in [1.29, 1.82) is 0 Å². The minimum atomic E-state index is -0.103. The minimum Gasteiger partial charge on any atom is -0.319 e. The van der Waals surface area contributed by atoms with Crippen LogP contribution < -0.4 is 4.80 Å². The van der Waals surface area contributed by atoms with E-state index in [1.165, 1.54) is 21.4 Å². The summed E-state index contributed by atoms with van der Waals surface area (Å²) in [4.78, 5) is 17.5. The highest BCUT2D eigenvalue weighted by molar-refractivity contribution is 7.16. The average Bonchev–Trinajstić information content (AvgIpc) is 2.83. The predicted octanol–water partition coefficient (Wildman–Crippen LogP) is 4.65. The Labute approximate surface area is 152 Å². The summed E-state index contributed by atoms with van der Waals surface area (Å²) in [6.45, 7) is 8.53. The van der Waals surface area contributed by atoms with E-state index in [0.29, 0.717) is 12.3 Å². The Morgan fingerprint density at radius 3 is 2.48 bits per heavy atom. The molecule has 0 saturated carbocycles. The van der Waals surface area contributed by atoms with E-state index in [4.69, 9.17) is 0 Å². The van der Waals surface area contributed by atoms with E-state index in [0.717, 1.165) is 15.9 Å². The summed E-state index contributed by atoms with van der Waals surface area (Å²) in [5.74, 6) is 0.396. The molecule has 1 amide bonds. The first kappa shape index (κ1) is 17.6. The topological polar surface area (TPSA) is 34.4 Å². The molecule has 3 nitrogen and oxygen atoms in total. The lowest BCUT2D eigenvalue weighted by Crippen LogP contribution is -2.14. The van der Waals surface area contributed by atoms with Crippen molar-refractivity contribution in [1.82, 2.24) is 4.57 Å². The lowest BCUT2D eigenvalue weighted by Gasteiger charge is -2.05. The molecule has 3 aromatic rings. The van der Waals surface area contributed by atoms with E-state index in [2.05, 4.69) is 57.0 Å². The third-order valence-corrected chi connectivity index (χ3v) is 5.53. The Kier molecular flexibility index (Phi) is 4.91. The highest BCUT2D eigenvalue weighted by Crippen LogP contribution is 2.22. The van der Waals surface area contributed by atoms with Crippen molar-refractivity contribution in [3.05, 3.63) is 63.5 Å². The zero-order valence-corrected chi connectivity index (χ0v) is 16.3. The molecule has 130 valence electrons. The van der Waals surface area contributed by atoms with E-state index in [-0.39, 0.29) is 5.91 Å². The summed E-state index contributed by atoms with van der Waals surface area (Å²) in [5.41, 5.74) is 5.90. The van der Waals surface area contributed by atoms with Crippen LogP contribution >= 0.6 is 11.3 Å². The SMILES string of the molecule is Cc1cc(C)c2c(c1)sc(=NC(=O)Cc1ccc(C(C)C)cc1)n2C. The number of aryl methyl sites for hydroxylation is 3. The Morgan fingerprint density at radius 2 is 1.84 bits per heavy atom. The second kappa shape index (κ2) is 6.96. The van der Waals surface area contributed by atoms with E-state index in [1.807, 2.05) is 23.7 Å². The summed E-state index contributed by atoms with van der Waals surface area (Å²) in [6.07, 6.45) is 0.338. The molecule has 0 N–H and O–H groups in total. The number of benzene rings is 2. The number of hydrogen-bond acceptors (Lipinski definition) is 2. The fraction of sp³-hybridized carbons (Fsp3) is 0.333. The van der Waals surface area contributed by atoms with Crippen LogP contribution in [-0.2, 0) is 18.3 Å². The summed E-state index contributed by atoms with van der Waals surface area (Å²) >= 11 is 1.57. The van der Waals surface area contributed by atoms with Crippen LogP contribution in [0.3, 0.4) is 0 Å². The molecule has 1 heterocycles. The van der Waals surface area contributed by atoms with Crippen molar-refractivity contribution < 1.29 is 4.79 Å². The Morgan fingerprint density at radius 1 is 1.16 bits per heavy atom. The number of carbonyl (C=O) groups excluding carboxylic acids is 1. The van der Waals surface area contributed by atoms with Gasteiger partial charge in [0.05, 0.1) is 16.6 Å². The van der Waals surface area contributed by atoms with Gasteiger partial charge in [-0.3, -0.25) is 4.79 Å². The number of carbonyl (C=O) groups is 1. The van der Waals surface area contributed by atoms with Gasteiger partial charge < -0.3 is 4.57 Å². The quantitative estimate of drug-likeness (QED) is 0.675. The van der Waals surface area contributed by atoms with Crippen LogP contribution in [0.2, 0.25) is 0 Å². The molecule has 0 unspecified atom stereocenters. The van der Waals surface area contributed by atoms with Crippen molar-refractivity contribution in [2.75, 3.05) is 0 Å². The van der Waals surface area contributed by atoms with Crippen LogP contribution in [0.25, 0.3) is 10.2 Å². The molecule has 1 aromatic heterocycles. The standard InChI is InChI=1S/C21H24N2OS/c1-13(2)17-8-6-16(7-9-17)12-19(24)22-21-23(5)20-15(4)10-14(3)11-18(20)25-21/h6-11,13H,12H2,1-5H3. The molecule has 0 saturated heterocycles. The second-order valence-corrected chi connectivity index (χ2v) is 7.96. The molecule has 2 aromatic carbocycles. The fourth-order valence-corrected chi connectivity index (χ4v) is 4.34. The van der Waals surface area contributed by atoms with Gasteiger partial charge in [-0.15, -0.1) is 0 Å². The maximum atomic E-state index is 12.4. The molecule has 3 rings (SSSR count). The summed E-state index contributed by atoms with van der Waals surface area (Å²) in [7, 11) is 1.98. The number of fused-ring (bicyclic) bond motifs is 1. The third-order valence-electron chi connectivity index (χ3n) is 4.46. The van der Waals surface area contributed by atoms with Gasteiger partial charge >= 0.3 is 0 Å². The van der Waals surface area contributed by atoms with E-state index < -0.39 is 0 Å². The van der Waals surface area contributed by atoms with Crippen LogP contribution in [0.1, 0.15) is 42.0 Å². The first-order valence-corrected chi connectivity index (χ1v) is 9.40. The van der Waals surface area contributed by atoms with Gasteiger partial charge in [0.1, 0.15) is 0 Å². The molecular formula is C21H24N2OS. The van der Waals surface area contributed by atoms with Gasteiger partial charge in [0.2, 0.25) is 0 Å². The lowest BCUT2D eigenvalue weighted by atomic mass is 10.0. The maximum absolute atomic E-state index is 12.4. The Bertz CT molecular complexity index is 991. The zero-order valence-electron chi connectivity index (χ0n) is 15.5. The number of thiazole rings is 1. The number of amides is 1. The van der Waals surface area contributed by atoms with Crippen molar-refractivity contribution in [2.45, 2.75) is 40.0 Å². The van der Waals surface area contributed by atoms with Crippen LogP contribution in [0.5, 0.6) is 0 Å². The smallest absolute Gasteiger partial charge is 0.252 e. The molecule has 25 heavy (non-hydrogen) atoms. The minimum absolute atomic E-state index is 0.103. The first-order valence-electron chi connectivity index (χ1n) is 8.58.